The molecule has 0 radical (unpaired) electrons. The van der Waals surface area contributed by atoms with Crippen LogP contribution in [0.2, 0.25) is 0 Å². The lowest BCUT2D eigenvalue weighted by Gasteiger charge is -2.39. The third kappa shape index (κ3) is 3.23. The summed E-state index contributed by atoms with van der Waals surface area (Å²) in [7, 11) is 1.56. The Morgan fingerprint density at radius 1 is 1.14 bits per heavy atom. The van der Waals surface area contributed by atoms with Crippen molar-refractivity contribution in [1.82, 2.24) is 0 Å². The number of carbonyl (C=O) groups is 1. The predicted molar refractivity (Wildman–Crippen MR) is 103 cm³/mol. The number of para-hydroxylation sites is 1. The molecule has 1 aliphatic heterocycles. The molecule has 0 unspecified atom stereocenters. The monoisotopic (exact) mass is 381 g/mol. The molecule has 0 saturated heterocycles. The van der Waals surface area contributed by atoms with E-state index in [-0.39, 0.29) is 16.6 Å². The van der Waals surface area contributed by atoms with E-state index in [1.54, 1.807) is 25.3 Å². The van der Waals surface area contributed by atoms with Crippen LogP contribution in [-0.2, 0) is 4.79 Å². The molecule has 28 heavy (non-hydrogen) atoms. The van der Waals surface area contributed by atoms with E-state index < -0.39 is 18.1 Å². The second kappa shape index (κ2) is 7.62. The summed E-state index contributed by atoms with van der Waals surface area (Å²) in [5.74, 6) is 0.527. The fourth-order valence-electron chi connectivity index (χ4n) is 4.61. The molecule has 4 atom stereocenters. The second-order valence-corrected chi connectivity index (χ2v) is 7.47. The smallest absolute Gasteiger partial charge is 0.261 e. The van der Waals surface area contributed by atoms with Gasteiger partial charge in [-0.2, -0.15) is 0 Å². The summed E-state index contributed by atoms with van der Waals surface area (Å²) in [6.45, 7) is 0. The van der Waals surface area contributed by atoms with Gasteiger partial charge >= 0.3 is 0 Å². The highest BCUT2D eigenvalue weighted by atomic mass is 16.6. The molecule has 1 saturated carbocycles. The third-order valence-corrected chi connectivity index (χ3v) is 5.91. The second-order valence-electron chi connectivity index (χ2n) is 7.47. The number of Topliss-reactive ketones (excluding diaryl/α,β-unsaturated/α-hetero) is 1. The molecule has 1 heterocycles. The van der Waals surface area contributed by atoms with Gasteiger partial charge < -0.3 is 9.47 Å². The summed E-state index contributed by atoms with van der Waals surface area (Å²) in [5.41, 5.74) is 1.45. The number of ketones is 1. The van der Waals surface area contributed by atoms with Gasteiger partial charge in [-0.25, -0.2) is 0 Å². The van der Waals surface area contributed by atoms with Gasteiger partial charge in [0.15, 0.2) is 6.10 Å². The van der Waals surface area contributed by atoms with E-state index in [2.05, 4.69) is 0 Å². The van der Waals surface area contributed by atoms with Crippen LogP contribution in [0.4, 0.5) is 0 Å². The van der Waals surface area contributed by atoms with E-state index in [0.717, 1.165) is 18.4 Å². The topological polar surface area (TPSA) is 78.7 Å². The van der Waals surface area contributed by atoms with Crippen LogP contribution in [0.5, 0.6) is 11.5 Å². The number of ether oxygens (including phenoxy) is 2. The van der Waals surface area contributed by atoms with E-state index >= 15 is 0 Å². The Labute approximate surface area is 163 Å². The lowest BCUT2D eigenvalue weighted by molar-refractivity contribution is -0.541. The summed E-state index contributed by atoms with van der Waals surface area (Å²) in [6.07, 6.45) is 2.19. The van der Waals surface area contributed by atoms with Gasteiger partial charge in [-0.05, 0) is 31.0 Å². The average molecular weight is 381 g/mol. The standard InChI is InChI=1S/C22H23NO5/c1-27-15-8-6-7-14(13-15)22-21(23(25)26)20(16-9-2-4-11-18(16)24)17-10-3-5-12-19(17)28-22/h3,5-8,10,12-13,16,20-22H,2,4,9,11H2,1H3/t16-,20-,21+,22+/m0/s1. The van der Waals surface area contributed by atoms with Crippen molar-refractivity contribution < 1.29 is 19.2 Å². The van der Waals surface area contributed by atoms with Gasteiger partial charge in [-0.1, -0.05) is 36.8 Å². The molecule has 2 aliphatic rings. The molecule has 1 aliphatic carbocycles. The SMILES string of the molecule is COc1cccc([C@H]2Oc3ccccc3[C@H]([C@H]3CCCCC3=O)[C@H]2[N+](=O)[O-])c1. The number of methoxy groups -OCH3 is 1. The molecule has 0 aromatic heterocycles. The number of hydrogen-bond donors (Lipinski definition) is 0. The van der Waals surface area contributed by atoms with Crippen molar-refractivity contribution in [2.75, 3.05) is 7.11 Å². The lowest BCUT2D eigenvalue weighted by Crippen LogP contribution is -2.45. The molecule has 6 nitrogen and oxygen atoms in total. The maximum absolute atomic E-state index is 12.7. The molecule has 0 N–H and O–H groups in total. The van der Waals surface area contributed by atoms with Crippen molar-refractivity contribution in [1.29, 1.82) is 0 Å². The van der Waals surface area contributed by atoms with Gasteiger partial charge in [-0.3, -0.25) is 14.9 Å². The first-order valence-corrected chi connectivity index (χ1v) is 9.66. The first-order valence-electron chi connectivity index (χ1n) is 9.66. The van der Waals surface area contributed by atoms with Crippen LogP contribution >= 0.6 is 0 Å². The lowest BCUT2D eigenvalue weighted by atomic mass is 9.69. The number of benzene rings is 2. The Bertz CT molecular complexity index is 896. The number of carbonyl (C=O) groups excluding carboxylic acids is 1. The molecule has 146 valence electrons. The zero-order valence-corrected chi connectivity index (χ0v) is 15.7. The van der Waals surface area contributed by atoms with Crippen molar-refractivity contribution >= 4 is 5.78 Å². The van der Waals surface area contributed by atoms with Crippen molar-refractivity contribution in [2.24, 2.45) is 5.92 Å². The van der Waals surface area contributed by atoms with E-state index in [9.17, 15) is 14.9 Å². The normalized spacial score (nSPS) is 26.8. The predicted octanol–water partition coefficient (Wildman–Crippen LogP) is 4.32. The summed E-state index contributed by atoms with van der Waals surface area (Å²) >= 11 is 0. The van der Waals surface area contributed by atoms with Crippen LogP contribution in [-0.4, -0.2) is 23.9 Å². The van der Waals surface area contributed by atoms with E-state index in [0.29, 0.717) is 29.9 Å². The van der Waals surface area contributed by atoms with Gasteiger partial charge in [0.05, 0.1) is 13.0 Å². The molecule has 2 aromatic rings. The van der Waals surface area contributed by atoms with Gasteiger partial charge in [0.1, 0.15) is 17.3 Å². The number of fused-ring (bicyclic) bond motifs is 1. The minimum atomic E-state index is -1.03. The highest BCUT2D eigenvalue weighted by Crippen LogP contribution is 2.49. The first kappa shape index (κ1) is 18.5. The van der Waals surface area contributed by atoms with Crippen molar-refractivity contribution in [3.63, 3.8) is 0 Å². The zero-order chi connectivity index (χ0) is 19.7. The minimum Gasteiger partial charge on any atom is -0.497 e. The number of nitro groups is 1. The molecular formula is C22H23NO5. The molecule has 0 amide bonds. The number of nitrogens with zero attached hydrogens (tertiary/aromatic N) is 1. The van der Waals surface area contributed by atoms with E-state index in [1.807, 2.05) is 30.3 Å². The van der Waals surface area contributed by atoms with Gasteiger partial charge in [-0.15, -0.1) is 0 Å². The van der Waals surface area contributed by atoms with Crippen LogP contribution < -0.4 is 9.47 Å². The molecule has 2 aromatic carbocycles. The van der Waals surface area contributed by atoms with Crippen molar-refractivity contribution in [3.8, 4) is 11.5 Å². The van der Waals surface area contributed by atoms with Crippen LogP contribution in [0.15, 0.2) is 48.5 Å². The highest BCUT2D eigenvalue weighted by molar-refractivity contribution is 5.83. The maximum Gasteiger partial charge on any atom is 0.261 e. The Morgan fingerprint density at radius 3 is 2.71 bits per heavy atom. The Balaban J connectivity index is 1.84. The largest absolute Gasteiger partial charge is 0.497 e. The van der Waals surface area contributed by atoms with Gasteiger partial charge in [0, 0.05) is 28.4 Å². The van der Waals surface area contributed by atoms with Crippen LogP contribution in [0.3, 0.4) is 0 Å². The van der Waals surface area contributed by atoms with Crippen molar-refractivity contribution in [3.05, 3.63) is 69.8 Å². The summed E-state index contributed by atoms with van der Waals surface area (Å²) in [5, 5.41) is 12.2. The van der Waals surface area contributed by atoms with Crippen LogP contribution in [0.25, 0.3) is 0 Å². The van der Waals surface area contributed by atoms with E-state index in [4.69, 9.17) is 9.47 Å². The Kier molecular flexibility index (Phi) is 5.03. The molecule has 0 bridgehead atoms. The fourth-order valence-corrected chi connectivity index (χ4v) is 4.61. The Hall–Kier alpha value is -2.89. The summed E-state index contributed by atoms with van der Waals surface area (Å²) < 4.78 is 11.4. The fraction of sp³-hybridized carbons (Fsp3) is 0.409. The summed E-state index contributed by atoms with van der Waals surface area (Å²) in [4.78, 5) is 24.7. The molecule has 6 heteroatoms. The zero-order valence-electron chi connectivity index (χ0n) is 15.7. The first-order chi connectivity index (χ1) is 13.6. The maximum atomic E-state index is 12.7. The van der Waals surface area contributed by atoms with E-state index in [1.165, 1.54) is 0 Å². The number of rotatable bonds is 4. The molecular weight excluding hydrogens is 358 g/mol. The minimum absolute atomic E-state index is 0.129. The third-order valence-electron chi connectivity index (χ3n) is 5.91. The van der Waals surface area contributed by atoms with Crippen molar-refractivity contribution in [2.45, 2.75) is 43.7 Å². The molecule has 1 fully saturated rings. The van der Waals surface area contributed by atoms with Gasteiger partial charge in [0.25, 0.3) is 6.04 Å². The van der Waals surface area contributed by atoms with Crippen LogP contribution in [0.1, 0.15) is 48.8 Å². The number of hydrogen-bond acceptors (Lipinski definition) is 5. The highest BCUT2D eigenvalue weighted by Gasteiger charge is 2.52. The summed E-state index contributed by atoms with van der Waals surface area (Å²) in [6, 6.07) is 13.6. The Morgan fingerprint density at radius 2 is 1.96 bits per heavy atom. The molecule has 4 rings (SSSR count). The van der Waals surface area contributed by atoms with Crippen LogP contribution in [0, 0.1) is 16.0 Å². The average Bonchev–Trinajstić information content (AvgIpc) is 2.72. The van der Waals surface area contributed by atoms with Gasteiger partial charge in [0.2, 0.25) is 0 Å². The molecule has 0 spiro atoms. The quantitative estimate of drug-likeness (QED) is 0.582.